The van der Waals surface area contributed by atoms with Gasteiger partial charge in [-0.05, 0) is 37.0 Å². The molecule has 0 atom stereocenters. The summed E-state index contributed by atoms with van der Waals surface area (Å²) in [5.41, 5.74) is 1.61. The molecule has 4 heteroatoms. The molecule has 3 nitrogen and oxygen atoms in total. The minimum absolute atomic E-state index is 0.0848. The summed E-state index contributed by atoms with van der Waals surface area (Å²) in [4.78, 5) is 19.4. The zero-order chi connectivity index (χ0) is 14.1. The van der Waals surface area contributed by atoms with Crippen molar-refractivity contribution in [3.05, 3.63) is 42.1 Å². The van der Waals surface area contributed by atoms with Gasteiger partial charge in [-0.25, -0.2) is 0 Å². The van der Waals surface area contributed by atoms with Gasteiger partial charge in [0.2, 0.25) is 0 Å². The number of pyridine rings is 1. The van der Waals surface area contributed by atoms with Crippen LogP contribution in [0.5, 0.6) is 0 Å². The first-order valence-electron chi connectivity index (χ1n) is 6.88. The molecule has 3 rings (SSSR count). The van der Waals surface area contributed by atoms with Crippen LogP contribution >= 0.6 is 15.9 Å². The number of alkyl halides is 1. The summed E-state index contributed by atoms with van der Waals surface area (Å²) in [6.45, 7) is 0.831. The first-order chi connectivity index (χ1) is 9.65. The van der Waals surface area contributed by atoms with Crippen molar-refractivity contribution >= 4 is 32.7 Å². The van der Waals surface area contributed by atoms with E-state index in [4.69, 9.17) is 0 Å². The van der Waals surface area contributed by atoms with Crippen molar-refractivity contribution in [2.24, 2.45) is 5.92 Å². The standard InChI is InChI=1S/C16H17BrN2O/c1-19(10-11-8-12(17)9-11)16(20)14-4-2-6-15-13(14)5-3-7-18-15/h2-7,11-12H,8-10H2,1H3. The van der Waals surface area contributed by atoms with Crippen molar-refractivity contribution in [1.29, 1.82) is 0 Å². The molecule has 0 saturated heterocycles. The molecule has 1 amide bonds. The number of carbonyl (C=O) groups is 1. The monoisotopic (exact) mass is 332 g/mol. The van der Waals surface area contributed by atoms with Gasteiger partial charge >= 0.3 is 0 Å². The van der Waals surface area contributed by atoms with Crippen LogP contribution in [0.2, 0.25) is 0 Å². The molecule has 0 bridgehead atoms. The van der Waals surface area contributed by atoms with Gasteiger partial charge in [-0.2, -0.15) is 0 Å². The minimum Gasteiger partial charge on any atom is -0.341 e. The average Bonchev–Trinajstić information content (AvgIpc) is 2.44. The lowest BCUT2D eigenvalue weighted by atomic mass is 9.85. The molecule has 20 heavy (non-hydrogen) atoms. The number of fused-ring (bicyclic) bond motifs is 1. The molecule has 0 aliphatic heterocycles. The molecule has 0 N–H and O–H groups in total. The van der Waals surface area contributed by atoms with Crippen molar-refractivity contribution in [3.63, 3.8) is 0 Å². The summed E-state index contributed by atoms with van der Waals surface area (Å²) >= 11 is 3.59. The maximum absolute atomic E-state index is 12.6. The number of hydrogen-bond acceptors (Lipinski definition) is 2. The number of halogens is 1. The maximum atomic E-state index is 12.6. The van der Waals surface area contributed by atoms with E-state index in [0.717, 1.165) is 35.9 Å². The summed E-state index contributed by atoms with van der Waals surface area (Å²) in [6.07, 6.45) is 4.08. The maximum Gasteiger partial charge on any atom is 0.254 e. The number of hydrogen-bond donors (Lipinski definition) is 0. The minimum atomic E-state index is 0.0848. The first-order valence-corrected chi connectivity index (χ1v) is 7.80. The van der Waals surface area contributed by atoms with Crippen LogP contribution in [-0.4, -0.2) is 34.2 Å². The van der Waals surface area contributed by atoms with E-state index < -0.39 is 0 Å². The van der Waals surface area contributed by atoms with Gasteiger partial charge in [0.05, 0.1) is 5.52 Å². The van der Waals surface area contributed by atoms with Gasteiger partial charge in [0.15, 0.2) is 0 Å². The average molecular weight is 333 g/mol. The van der Waals surface area contributed by atoms with Crippen molar-refractivity contribution in [1.82, 2.24) is 9.88 Å². The van der Waals surface area contributed by atoms with Gasteiger partial charge < -0.3 is 4.90 Å². The van der Waals surface area contributed by atoms with E-state index in [0.29, 0.717) is 10.7 Å². The Balaban J connectivity index is 1.81. The van der Waals surface area contributed by atoms with Crippen molar-refractivity contribution in [3.8, 4) is 0 Å². The SMILES string of the molecule is CN(CC1CC(Br)C1)C(=O)c1cccc2ncccc12. The summed E-state index contributed by atoms with van der Waals surface area (Å²) in [5.74, 6) is 0.711. The Morgan fingerprint density at radius 1 is 1.35 bits per heavy atom. The highest BCUT2D eigenvalue weighted by molar-refractivity contribution is 9.09. The topological polar surface area (TPSA) is 33.2 Å². The molecule has 1 saturated carbocycles. The molecular weight excluding hydrogens is 316 g/mol. The fourth-order valence-electron chi connectivity index (χ4n) is 2.77. The Morgan fingerprint density at radius 3 is 2.90 bits per heavy atom. The number of rotatable bonds is 3. The smallest absolute Gasteiger partial charge is 0.254 e. The lowest BCUT2D eigenvalue weighted by Gasteiger charge is -2.34. The van der Waals surface area contributed by atoms with Gasteiger partial charge in [0, 0.05) is 35.6 Å². The van der Waals surface area contributed by atoms with E-state index >= 15 is 0 Å². The molecule has 0 unspecified atom stereocenters. The fourth-order valence-corrected chi connectivity index (χ4v) is 3.83. The highest BCUT2D eigenvalue weighted by Crippen LogP contribution is 2.33. The molecular formula is C16H17BrN2O. The third-order valence-electron chi connectivity index (χ3n) is 3.93. The predicted octanol–water partition coefficient (Wildman–Crippen LogP) is 3.48. The first kappa shape index (κ1) is 13.6. The largest absolute Gasteiger partial charge is 0.341 e. The molecule has 0 spiro atoms. The summed E-state index contributed by atoms with van der Waals surface area (Å²) in [7, 11) is 1.89. The van der Waals surface area contributed by atoms with Crippen LogP contribution in [0.3, 0.4) is 0 Å². The predicted molar refractivity (Wildman–Crippen MR) is 84.1 cm³/mol. The second-order valence-electron chi connectivity index (χ2n) is 5.50. The quantitative estimate of drug-likeness (QED) is 0.806. The molecule has 1 fully saturated rings. The molecule has 1 aliphatic carbocycles. The van der Waals surface area contributed by atoms with Gasteiger partial charge in [-0.3, -0.25) is 9.78 Å². The molecule has 104 valence electrons. The molecule has 1 aromatic heterocycles. The molecule has 0 radical (unpaired) electrons. The number of nitrogens with zero attached hydrogens (tertiary/aromatic N) is 2. The van der Waals surface area contributed by atoms with Crippen molar-refractivity contribution in [2.45, 2.75) is 17.7 Å². The van der Waals surface area contributed by atoms with Gasteiger partial charge in [-0.1, -0.05) is 28.1 Å². The van der Waals surface area contributed by atoms with Gasteiger partial charge in [0.25, 0.3) is 5.91 Å². The summed E-state index contributed by atoms with van der Waals surface area (Å²) in [6, 6.07) is 9.56. The lowest BCUT2D eigenvalue weighted by molar-refractivity contribution is 0.0750. The van der Waals surface area contributed by atoms with Gasteiger partial charge in [0.1, 0.15) is 0 Å². The Labute approximate surface area is 127 Å². The molecule has 2 aromatic rings. The van der Waals surface area contributed by atoms with E-state index in [9.17, 15) is 4.79 Å². The highest BCUT2D eigenvalue weighted by atomic mass is 79.9. The van der Waals surface area contributed by atoms with Crippen LogP contribution in [0.1, 0.15) is 23.2 Å². The number of carbonyl (C=O) groups excluding carboxylic acids is 1. The van der Waals surface area contributed by atoms with E-state index in [-0.39, 0.29) is 5.91 Å². The van der Waals surface area contributed by atoms with Gasteiger partial charge in [-0.15, -0.1) is 0 Å². The molecule has 1 heterocycles. The van der Waals surface area contributed by atoms with Crippen LogP contribution in [0.15, 0.2) is 36.5 Å². The normalized spacial score (nSPS) is 21.5. The van der Waals surface area contributed by atoms with Crippen LogP contribution in [0.25, 0.3) is 10.9 Å². The second-order valence-corrected chi connectivity index (χ2v) is 6.79. The summed E-state index contributed by atoms with van der Waals surface area (Å²) in [5, 5.41) is 0.929. The Bertz CT molecular complexity index is 632. The van der Waals surface area contributed by atoms with Crippen LogP contribution < -0.4 is 0 Å². The Kier molecular flexibility index (Phi) is 3.74. The van der Waals surface area contributed by atoms with Crippen molar-refractivity contribution in [2.75, 3.05) is 13.6 Å². The Hall–Kier alpha value is -1.42. The zero-order valence-electron chi connectivity index (χ0n) is 11.4. The lowest BCUT2D eigenvalue weighted by Crippen LogP contribution is -2.37. The highest BCUT2D eigenvalue weighted by Gasteiger charge is 2.29. The Morgan fingerprint density at radius 2 is 2.15 bits per heavy atom. The van der Waals surface area contributed by atoms with E-state index in [1.54, 1.807) is 6.20 Å². The summed E-state index contributed by atoms with van der Waals surface area (Å²) < 4.78 is 0. The van der Waals surface area contributed by atoms with E-state index in [1.165, 1.54) is 0 Å². The zero-order valence-corrected chi connectivity index (χ0v) is 13.0. The van der Waals surface area contributed by atoms with Crippen molar-refractivity contribution < 1.29 is 4.79 Å². The third kappa shape index (κ3) is 2.57. The molecule has 1 aromatic carbocycles. The third-order valence-corrected chi connectivity index (χ3v) is 4.68. The van der Waals surface area contributed by atoms with Crippen LogP contribution in [-0.2, 0) is 0 Å². The van der Waals surface area contributed by atoms with E-state index in [1.807, 2.05) is 42.3 Å². The number of aromatic nitrogens is 1. The fraction of sp³-hybridized carbons (Fsp3) is 0.375. The van der Waals surface area contributed by atoms with Crippen LogP contribution in [0.4, 0.5) is 0 Å². The number of benzene rings is 1. The van der Waals surface area contributed by atoms with E-state index in [2.05, 4.69) is 20.9 Å². The second kappa shape index (κ2) is 5.52. The molecule has 1 aliphatic rings. The number of amides is 1. The van der Waals surface area contributed by atoms with Crippen LogP contribution in [0, 0.1) is 5.92 Å².